The third kappa shape index (κ3) is 3.07. The van der Waals surface area contributed by atoms with Crippen molar-refractivity contribution in [1.82, 2.24) is 0 Å². The molecule has 122 valence electrons. The minimum Gasteiger partial charge on any atom is -0.496 e. The number of carbonyl (C=O) groups excluding carboxylic acids is 1. The Labute approximate surface area is 149 Å². The van der Waals surface area contributed by atoms with E-state index in [9.17, 15) is 9.18 Å². The Bertz CT molecular complexity index is 864. The molecule has 0 bridgehead atoms. The molecule has 0 radical (unpaired) electrons. The number of halogens is 1. The fraction of sp³-hybridized carbons (Fsp3) is 0.111. The van der Waals surface area contributed by atoms with Crippen molar-refractivity contribution in [1.29, 1.82) is 0 Å². The number of methoxy groups -OCH3 is 1. The van der Waals surface area contributed by atoms with Crippen LogP contribution in [0.25, 0.3) is 6.08 Å². The van der Waals surface area contributed by atoms with Crippen LogP contribution >= 0.6 is 24.0 Å². The number of anilines is 1. The van der Waals surface area contributed by atoms with Crippen LogP contribution < -0.4 is 9.64 Å². The van der Waals surface area contributed by atoms with Gasteiger partial charge in [0.15, 0.2) is 4.32 Å². The fourth-order valence-corrected chi connectivity index (χ4v) is 3.67. The Morgan fingerprint density at radius 3 is 2.71 bits per heavy atom. The monoisotopic (exact) mass is 359 g/mol. The number of thioether (sulfide) groups is 1. The lowest BCUT2D eigenvalue weighted by Gasteiger charge is -2.14. The van der Waals surface area contributed by atoms with Gasteiger partial charge >= 0.3 is 0 Å². The minimum absolute atomic E-state index is 0.171. The summed E-state index contributed by atoms with van der Waals surface area (Å²) in [6.45, 7) is 1.94. The van der Waals surface area contributed by atoms with Crippen LogP contribution in [-0.4, -0.2) is 17.3 Å². The topological polar surface area (TPSA) is 29.5 Å². The first-order valence-corrected chi connectivity index (χ1v) is 8.41. The standard InChI is InChI=1S/C18H14FNO2S2/c1-11-7-8-12(9-15(11)22-2)10-16-17(21)20(18(23)24-16)14-6-4-3-5-13(14)19/h3-10H,1-2H3/b16-10-. The summed E-state index contributed by atoms with van der Waals surface area (Å²) in [5, 5.41) is 0. The van der Waals surface area contributed by atoms with E-state index in [-0.39, 0.29) is 11.6 Å². The van der Waals surface area contributed by atoms with Gasteiger partial charge in [0, 0.05) is 0 Å². The van der Waals surface area contributed by atoms with Crippen molar-refractivity contribution >= 4 is 46.0 Å². The molecule has 3 rings (SSSR count). The van der Waals surface area contributed by atoms with E-state index in [4.69, 9.17) is 17.0 Å². The van der Waals surface area contributed by atoms with Gasteiger partial charge in [-0.1, -0.05) is 48.2 Å². The van der Waals surface area contributed by atoms with Crippen molar-refractivity contribution in [3.63, 3.8) is 0 Å². The molecule has 0 N–H and O–H groups in total. The van der Waals surface area contributed by atoms with Crippen molar-refractivity contribution in [3.8, 4) is 5.75 Å². The second kappa shape index (κ2) is 6.75. The van der Waals surface area contributed by atoms with Crippen LogP contribution in [-0.2, 0) is 4.79 Å². The lowest BCUT2D eigenvalue weighted by atomic mass is 10.1. The third-order valence-electron chi connectivity index (χ3n) is 3.62. The van der Waals surface area contributed by atoms with E-state index in [0.29, 0.717) is 9.23 Å². The molecule has 0 unspecified atom stereocenters. The summed E-state index contributed by atoms with van der Waals surface area (Å²) in [7, 11) is 1.60. The van der Waals surface area contributed by atoms with Crippen LogP contribution in [0, 0.1) is 12.7 Å². The molecule has 24 heavy (non-hydrogen) atoms. The van der Waals surface area contributed by atoms with Crippen LogP contribution in [0.2, 0.25) is 0 Å². The molecule has 1 heterocycles. The molecule has 1 aliphatic heterocycles. The van der Waals surface area contributed by atoms with Crippen LogP contribution in [0.5, 0.6) is 5.75 Å². The molecular formula is C18H14FNO2S2. The zero-order valence-corrected chi connectivity index (χ0v) is 14.7. The molecule has 2 aromatic rings. The van der Waals surface area contributed by atoms with Crippen molar-refractivity contribution in [2.45, 2.75) is 6.92 Å². The maximum atomic E-state index is 14.0. The largest absolute Gasteiger partial charge is 0.496 e. The molecule has 0 saturated carbocycles. The number of hydrogen-bond acceptors (Lipinski definition) is 4. The summed E-state index contributed by atoms with van der Waals surface area (Å²) in [6.07, 6.45) is 1.74. The smallest absolute Gasteiger partial charge is 0.270 e. The van der Waals surface area contributed by atoms with Gasteiger partial charge in [-0.15, -0.1) is 0 Å². The molecule has 0 atom stereocenters. The zero-order valence-electron chi connectivity index (χ0n) is 13.1. The third-order valence-corrected chi connectivity index (χ3v) is 4.92. The maximum Gasteiger partial charge on any atom is 0.270 e. The van der Waals surface area contributed by atoms with E-state index < -0.39 is 5.82 Å². The Hall–Kier alpha value is -2.18. The molecule has 1 saturated heterocycles. The van der Waals surface area contributed by atoms with E-state index in [2.05, 4.69) is 0 Å². The van der Waals surface area contributed by atoms with Gasteiger partial charge in [0.05, 0.1) is 17.7 Å². The molecule has 0 aromatic heterocycles. The predicted octanol–water partition coefficient (Wildman–Crippen LogP) is 4.55. The van der Waals surface area contributed by atoms with Crippen molar-refractivity contribution < 1.29 is 13.9 Å². The summed E-state index contributed by atoms with van der Waals surface area (Å²) in [5.41, 5.74) is 2.00. The van der Waals surface area contributed by atoms with Gasteiger partial charge in [-0.3, -0.25) is 9.69 Å². The first-order valence-electron chi connectivity index (χ1n) is 7.18. The van der Waals surface area contributed by atoms with E-state index >= 15 is 0 Å². The van der Waals surface area contributed by atoms with Crippen LogP contribution in [0.1, 0.15) is 11.1 Å². The summed E-state index contributed by atoms with van der Waals surface area (Å²) in [6, 6.07) is 11.8. The number of amides is 1. The first kappa shape index (κ1) is 16.7. The maximum absolute atomic E-state index is 14.0. The van der Waals surface area contributed by atoms with Gasteiger partial charge < -0.3 is 4.74 Å². The van der Waals surface area contributed by atoms with Crippen molar-refractivity contribution in [2.24, 2.45) is 0 Å². The Morgan fingerprint density at radius 1 is 1.25 bits per heavy atom. The van der Waals surface area contributed by atoms with E-state index in [1.807, 2.05) is 25.1 Å². The van der Waals surface area contributed by atoms with Crippen molar-refractivity contribution in [2.75, 3.05) is 12.0 Å². The van der Waals surface area contributed by atoms with E-state index in [0.717, 1.165) is 28.6 Å². The second-order valence-electron chi connectivity index (χ2n) is 5.20. The first-order chi connectivity index (χ1) is 11.5. The molecule has 1 aliphatic rings. The van der Waals surface area contributed by atoms with E-state index in [1.54, 1.807) is 25.3 Å². The molecule has 6 heteroatoms. The molecular weight excluding hydrogens is 345 g/mol. The Morgan fingerprint density at radius 2 is 2.00 bits per heavy atom. The quantitative estimate of drug-likeness (QED) is 0.594. The van der Waals surface area contributed by atoms with Gasteiger partial charge in [-0.25, -0.2) is 4.39 Å². The van der Waals surface area contributed by atoms with Crippen LogP contribution in [0.15, 0.2) is 47.4 Å². The molecule has 2 aromatic carbocycles. The number of aryl methyl sites for hydroxylation is 1. The normalized spacial score (nSPS) is 16.1. The highest BCUT2D eigenvalue weighted by atomic mass is 32.2. The highest BCUT2D eigenvalue weighted by Gasteiger charge is 2.34. The number of rotatable bonds is 3. The summed E-state index contributed by atoms with van der Waals surface area (Å²) in [5.74, 6) is -0.0602. The number of hydrogen-bond donors (Lipinski definition) is 0. The summed E-state index contributed by atoms with van der Waals surface area (Å²) < 4.78 is 19.6. The SMILES string of the molecule is COc1cc(/C=C2\SC(=S)N(c3ccccc3F)C2=O)ccc1C. The number of thiocarbonyl (C=S) groups is 1. The van der Waals surface area contributed by atoms with Crippen molar-refractivity contribution in [3.05, 3.63) is 64.3 Å². The Kier molecular flexibility index (Phi) is 4.69. The van der Waals surface area contributed by atoms with E-state index in [1.165, 1.54) is 17.0 Å². The molecule has 1 amide bonds. The molecule has 0 aliphatic carbocycles. The lowest BCUT2D eigenvalue weighted by Crippen LogP contribution is -2.28. The predicted molar refractivity (Wildman–Crippen MR) is 99.8 cm³/mol. The average Bonchev–Trinajstić information content (AvgIpc) is 2.84. The van der Waals surface area contributed by atoms with Gasteiger partial charge in [0.2, 0.25) is 0 Å². The summed E-state index contributed by atoms with van der Waals surface area (Å²) in [4.78, 5) is 14.3. The van der Waals surface area contributed by atoms with Crippen LogP contribution in [0.3, 0.4) is 0 Å². The highest BCUT2D eigenvalue weighted by Crippen LogP contribution is 2.37. The number of benzene rings is 2. The fourth-order valence-electron chi connectivity index (χ4n) is 2.39. The van der Waals surface area contributed by atoms with Gasteiger partial charge in [-0.05, 0) is 42.3 Å². The number of nitrogens with zero attached hydrogens (tertiary/aromatic N) is 1. The summed E-state index contributed by atoms with van der Waals surface area (Å²) >= 11 is 6.42. The lowest BCUT2D eigenvalue weighted by molar-refractivity contribution is -0.113. The highest BCUT2D eigenvalue weighted by molar-refractivity contribution is 8.27. The van der Waals surface area contributed by atoms with Gasteiger partial charge in [-0.2, -0.15) is 0 Å². The number of carbonyl (C=O) groups is 1. The molecule has 0 spiro atoms. The molecule has 1 fully saturated rings. The van der Waals surface area contributed by atoms with Gasteiger partial charge in [0.1, 0.15) is 11.6 Å². The molecule has 3 nitrogen and oxygen atoms in total. The second-order valence-corrected chi connectivity index (χ2v) is 6.87. The van der Waals surface area contributed by atoms with Gasteiger partial charge in [0.25, 0.3) is 5.91 Å². The minimum atomic E-state index is -0.480. The number of ether oxygens (including phenoxy) is 1. The average molecular weight is 359 g/mol. The Balaban J connectivity index is 1.96. The number of para-hydroxylation sites is 1. The zero-order chi connectivity index (χ0) is 17.3. The van der Waals surface area contributed by atoms with Crippen LogP contribution in [0.4, 0.5) is 10.1 Å².